The average molecular weight is 345 g/mol. The molecule has 0 saturated heterocycles. The Morgan fingerprint density at radius 3 is 2.79 bits per heavy atom. The first kappa shape index (κ1) is 16.4. The Kier molecular flexibility index (Phi) is 4.46. The Balaban J connectivity index is 2.12. The van der Waals surface area contributed by atoms with Gasteiger partial charge < -0.3 is 10.3 Å². The van der Waals surface area contributed by atoms with Gasteiger partial charge >= 0.3 is 0 Å². The van der Waals surface area contributed by atoms with Crippen LogP contribution in [-0.4, -0.2) is 22.1 Å². The standard InChI is InChI=1S/C17H16FN3O2S/c1-20-17(22)7-11-6-10(2-5-16(11)24(19)23)14-9-21-15-8-12(18)3-4-13(14)15/h2-6,8-9,21H,7,19H2,1H3,(H,20,22). The molecule has 5 nitrogen and oxygen atoms in total. The summed E-state index contributed by atoms with van der Waals surface area (Å²) >= 11 is 0. The van der Waals surface area contributed by atoms with Crippen molar-refractivity contribution in [3.8, 4) is 11.1 Å². The van der Waals surface area contributed by atoms with E-state index in [1.165, 1.54) is 12.1 Å². The number of hydrogen-bond acceptors (Lipinski definition) is 2. The van der Waals surface area contributed by atoms with Crippen LogP contribution in [0, 0.1) is 5.82 Å². The second-order valence-corrected chi connectivity index (χ2v) is 6.40. The van der Waals surface area contributed by atoms with Gasteiger partial charge in [0.1, 0.15) is 16.8 Å². The first-order valence-corrected chi connectivity index (χ1v) is 8.47. The Bertz CT molecular complexity index is 952. The van der Waals surface area contributed by atoms with Crippen molar-refractivity contribution in [3.05, 3.63) is 54.0 Å². The number of nitrogens with one attached hydrogen (secondary N) is 2. The normalized spacial score (nSPS) is 12.3. The third kappa shape index (κ3) is 3.08. The molecule has 1 heterocycles. The fourth-order valence-electron chi connectivity index (χ4n) is 2.68. The quantitative estimate of drug-likeness (QED) is 0.677. The summed E-state index contributed by atoms with van der Waals surface area (Å²) in [7, 11) is -0.140. The van der Waals surface area contributed by atoms with Gasteiger partial charge in [0.15, 0.2) is 0 Å². The fraction of sp³-hybridized carbons (Fsp3) is 0.118. The highest BCUT2D eigenvalue weighted by Crippen LogP contribution is 2.31. The molecular weight excluding hydrogens is 329 g/mol. The number of hydrogen-bond donors (Lipinski definition) is 3. The van der Waals surface area contributed by atoms with Crippen LogP contribution >= 0.6 is 0 Å². The molecule has 0 aliphatic rings. The molecule has 24 heavy (non-hydrogen) atoms. The van der Waals surface area contributed by atoms with Gasteiger partial charge in [0, 0.05) is 29.7 Å². The molecule has 1 atom stereocenters. The van der Waals surface area contributed by atoms with Crippen molar-refractivity contribution in [2.24, 2.45) is 5.14 Å². The van der Waals surface area contributed by atoms with E-state index in [4.69, 9.17) is 5.14 Å². The van der Waals surface area contributed by atoms with E-state index in [-0.39, 0.29) is 18.1 Å². The molecule has 1 unspecified atom stereocenters. The highest BCUT2D eigenvalue weighted by molar-refractivity contribution is 7.82. The number of likely N-dealkylation sites (N-methyl/N-ethyl adjacent to an activating group) is 1. The Hall–Kier alpha value is -2.51. The fourth-order valence-corrected chi connectivity index (χ4v) is 3.27. The average Bonchev–Trinajstić information content (AvgIpc) is 2.97. The van der Waals surface area contributed by atoms with Gasteiger partial charge in [0.05, 0.1) is 11.3 Å². The lowest BCUT2D eigenvalue weighted by Gasteiger charge is -2.09. The minimum absolute atomic E-state index is 0.0829. The van der Waals surface area contributed by atoms with Crippen molar-refractivity contribution in [1.29, 1.82) is 0 Å². The zero-order valence-corrected chi connectivity index (χ0v) is 13.7. The summed E-state index contributed by atoms with van der Waals surface area (Å²) < 4.78 is 25.0. The lowest BCUT2D eigenvalue weighted by Crippen LogP contribution is -2.21. The molecule has 0 fully saturated rings. The number of aromatic amines is 1. The van der Waals surface area contributed by atoms with Crippen molar-refractivity contribution in [2.75, 3.05) is 7.05 Å². The number of aromatic nitrogens is 1. The van der Waals surface area contributed by atoms with Crippen LogP contribution in [0.5, 0.6) is 0 Å². The molecule has 124 valence electrons. The number of fused-ring (bicyclic) bond motifs is 1. The summed E-state index contributed by atoms with van der Waals surface area (Å²) in [5, 5.41) is 8.91. The Labute approximate surface area is 140 Å². The van der Waals surface area contributed by atoms with Crippen molar-refractivity contribution in [2.45, 2.75) is 11.3 Å². The van der Waals surface area contributed by atoms with Gasteiger partial charge in [0.25, 0.3) is 0 Å². The summed E-state index contributed by atoms with van der Waals surface area (Å²) in [4.78, 5) is 15.2. The van der Waals surface area contributed by atoms with Crippen molar-refractivity contribution in [1.82, 2.24) is 10.3 Å². The monoisotopic (exact) mass is 345 g/mol. The molecule has 2 aromatic carbocycles. The first-order chi connectivity index (χ1) is 11.5. The molecule has 0 aliphatic carbocycles. The Morgan fingerprint density at radius 2 is 2.08 bits per heavy atom. The summed E-state index contributed by atoms with van der Waals surface area (Å²) in [6.07, 6.45) is 1.86. The maximum atomic E-state index is 13.3. The van der Waals surface area contributed by atoms with Crippen LogP contribution in [0.4, 0.5) is 4.39 Å². The van der Waals surface area contributed by atoms with E-state index >= 15 is 0 Å². The summed E-state index contributed by atoms with van der Waals surface area (Å²) in [6, 6.07) is 9.76. The second-order valence-electron chi connectivity index (χ2n) is 5.36. The molecule has 0 spiro atoms. The van der Waals surface area contributed by atoms with Gasteiger partial charge in [-0.1, -0.05) is 6.07 Å². The van der Waals surface area contributed by atoms with Gasteiger partial charge in [-0.3, -0.25) is 4.79 Å². The summed E-state index contributed by atoms with van der Waals surface area (Å²) in [5.74, 6) is -0.509. The molecule has 1 aromatic heterocycles. The maximum absolute atomic E-state index is 13.3. The van der Waals surface area contributed by atoms with Crippen LogP contribution in [0.2, 0.25) is 0 Å². The molecule has 4 N–H and O–H groups in total. The van der Waals surface area contributed by atoms with Gasteiger partial charge in [-0.25, -0.2) is 13.7 Å². The van der Waals surface area contributed by atoms with Gasteiger partial charge in [-0.2, -0.15) is 0 Å². The van der Waals surface area contributed by atoms with E-state index in [9.17, 15) is 13.4 Å². The van der Waals surface area contributed by atoms with Crippen molar-refractivity contribution < 1.29 is 13.4 Å². The number of halogens is 1. The van der Waals surface area contributed by atoms with E-state index in [2.05, 4.69) is 10.3 Å². The maximum Gasteiger partial charge on any atom is 0.224 e. The van der Waals surface area contributed by atoms with Crippen LogP contribution in [0.25, 0.3) is 22.0 Å². The van der Waals surface area contributed by atoms with E-state index < -0.39 is 11.0 Å². The molecule has 0 bridgehead atoms. The number of rotatable bonds is 4. The number of nitrogens with two attached hydrogens (primary N) is 1. The van der Waals surface area contributed by atoms with Gasteiger partial charge in [0.2, 0.25) is 5.91 Å². The molecule has 0 saturated carbocycles. The van der Waals surface area contributed by atoms with E-state index in [1.807, 2.05) is 0 Å². The van der Waals surface area contributed by atoms with Gasteiger partial charge in [-0.05, 0) is 41.5 Å². The lowest BCUT2D eigenvalue weighted by atomic mass is 10.0. The molecule has 1 amide bonds. The number of carbonyl (C=O) groups is 1. The van der Waals surface area contributed by atoms with Crippen molar-refractivity contribution in [3.63, 3.8) is 0 Å². The van der Waals surface area contributed by atoms with Gasteiger partial charge in [-0.15, -0.1) is 0 Å². The van der Waals surface area contributed by atoms with Crippen LogP contribution in [-0.2, 0) is 22.2 Å². The smallest absolute Gasteiger partial charge is 0.224 e. The third-order valence-corrected chi connectivity index (χ3v) is 4.69. The summed E-state index contributed by atoms with van der Waals surface area (Å²) in [6.45, 7) is 0. The molecule has 3 rings (SSSR count). The molecule has 0 radical (unpaired) electrons. The molecule has 3 aromatic rings. The topological polar surface area (TPSA) is 88.0 Å². The van der Waals surface area contributed by atoms with E-state index in [0.29, 0.717) is 16.0 Å². The predicted molar refractivity (Wildman–Crippen MR) is 92.1 cm³/mol. The highest BCUT2D eigenvalue weighted by Gasteiger charge is 2.14. The number of amides is 1. The lowest BCUT2D eigenvalue weighted by molar-refractivity contribution is -0.119. The molecular formula is C17H16FN3O2S. The minimum atomic E-state index is -1.68. The third-order valence-electron chi connectivity index (χ3n) is 3.86. The zero-order valence-electron chi connectivity index (χ0n) is 12.9. The number of H-pyrrole nitrogens is 1. The predicted octanol–water partition coefficient (Wildman–Crippen LogP) is 2.24. The van der Waals surface area contributed by atoms with Crippen molar-refractivity contribution >= 4 is 27.8 Å². The summed E-state index contributed by atoms with van der Waals surface area (Å²) in [5.41, 5.74) is 2.99. The van der Waals surface area contributed by atoms with Crippen LogP contribution in [0.1, 0.15) is 5.56 Å². The van der Waals surface area contributed by atoms with Crippen LogP contribution < -0.4 is 10.5 Å². The molecule has 0 aliphatic heterocycles. The first-order valence-electron chi connectivity index (χ1n) is 7.26. The van der Waals surface area contributed by atoms with Crippen LogP contribution in [0.15, 0.2) is 47.5 Å². The minimum Gasteiger partial charge on any atom is -0.360 e. The van der Waals surface area contributed by atoms with E-state index in [0.717, 1.165) is 16.5 Å². The second kappa shape index (κ2) is 6.54. The SMILES string of the molecule is CNC(=O)Cc1cc(-c2c[nH]c3cc(F)ccc23)ccc1S(N)=O. The zero-order chi connectivity index (χ0) is 17.3. The highest BCUT2D eigenvalue weighted by atomic mass is 32.2. The molecule has 7 heteroatoms. The number of benzene rings is 2. The van der Waals surface area contributed by atoms with E-state index in [1.54, 1.807) is 37.5 Å². The largest absolute Gasteiger partial charge is 0.360 e. The Morgan fingerprint density at radius 1 is 1.29 bits per heavy atom. The number of carbonyl (C=O) groups excluding carboxylic acids is 1. The van der Waals surface area contributed by atoms with Crippen LogP contribution in [0.3, 0.4) is 0 Å².